The van der Waals surface area contributed by atoms with Crippen LogP contribution in [0, 0.1) is 45.8 Å². The van der Waals surface area contributed by atoms with Crippen molar-refractivity contribution >= 4 is 0 Å². The summed E-state index contributed by atoms with van der Waals surface area (Å²) in [5.41, 5.74) is -1.71. The van der Waals surface area contributed by atoms with E-state index in [0.717, 1.165) is 5.57 Å². The molecular formula is C47H80O18. The van der Waals surface area contributed by atoms with Gasteiger partial charge in [-0.2, -0.15) is 0 Å². The summed E-state index contributed by atoms with van der Waals surface area (Å²) in [5.74, 6) is -1.08. The minimum Gasteiger partial charge on any atom is -0.394 e. The van der Waals surface area contributed by atoms with E-state index >= 15 is 0 Å². The van der Waals surface area contributed by atoms with Gasteiger partial charge in [0.05, 0.1) is 43.2 Å². The van der Waals surface area contributed by atoms with E-state index in [-0.39, 0.29) is 29.6 Å². The van der Waals surface area contributed by atoms with Crippen LogP contribution in [-0.4, -0.2) is 191 Å². The number of hydrogen-bond acceptors (Lipinski definition) is 18. The molecule has 0 aromatic carbocycles. The minimum atomic E-state index is -1.74. The Hall–Kier alpha value is -0.980. The van der Waals surface area contributed by atoms with Crippen LogP contribution in [0.1, 0.15) is 107 Å². The van der Waals surface area contributed by atoms with Crippen molar-refractivity contribution in [3.8, 4) is 0 Å². The Morgan fingerprint density at radius 3 is 1.86 bits per heavy atom. The molecule has 0 amide bonds. The van der Waals surface area contributed by atoms with Crippen LogP contribution in [-0.2, 0) is 28.4 Å². The largest absolute Gasteiger partial charge is 0.394 e. The summed E-state index contributed by atoms with van der Waals surface area (Å²) in [6, 6.07) is 0. The minimum absolute atomic E-state index is 0.0328. The zero-order chi connectivity index (χ0) is 47.9. The first-order valence-electron chi connectivity index (χ1n) is 24.0. The second kappa shape index (κ2) is 19.3. The van der Waals surface area contributed by atoms with Gasteiger partial charge in [0.15, 0.2) is 18.9 Å². The first kappa shape index (κ1) is 51.9. The second-order valence-corrected chi connectivity index (χ2v) is 22.4. The van der Waals surface area contributed by atoms with Crippen molar-refractivity contribution in [3.63, 3.8) is 0 Å². The monoisotopic (exact) mass is 933 g/mol. The van der Waals surface area contributed by atoms with Gasteiger partial charge in [0, 0.05) is 0 Å². The third-order valence-corrected chi connectivity index (χ3v) is 17.9. The van der Waals surface area contributed by atoms with Crippen LogP contribution >= 0.6 is 0 Å². The summed E-state index contributed by atoms with van der Waals surface area (Å²) in [4.78, 5) is 0. The first-order chi connectivity index (χ1) is 30.4. The SMILES string of the molecule is CC(C)=CCC[C@](C)(O[C@@H]1O[C@H](CO)[C@@H](O)[C@H](O)[C@H]1O)[C@H]1CC[C@@]2(C)C3C[C@H](O[C@@H]4O[C@H](CO)[C@@H](O)[C@H](O)[C@H]4O[C@@H]4O[C@@H](C)[C@H](O)[C@@H](O)[C@H]4O)[C@H]4C(C)(C)[C@@H](O)CC[C@]4(C)[C@H]3C[C@@H](O)[C@H]12. The zero-order valence-corrected chi connectivity index (χ0v) is 39.2. The molecule has 376 valence electrons. The molecule has 0 aromatic rings. The lowest BCUT2D eigenvalue weighted by atomic mass is 9.39. The molecule has 7 rings (SSSR count). The number of allylic oxidation sites excluding steroid dienone is 2. The molecule has 7 fully saturated rings. The molecule has 18 heteroatoms. The highest BCUT2D eigenvalue weighted by atomic mass is 16.8. The van der Waals surface area contributed by atoms with Crippen molar-refractivity contribution < 1.29 is 89.7 Å². The van der Waals surface area contributed by atoms with Crippen LogP contribution in [0.25, 0.3) is 0 Å². The van der Waals surface area contributed by atoms with Gasteiger partial charge in [-0.1, -0.05) is 39.3 Å². The van der Waals surface area contributed by atoms with Crippen molar-refractivity contribution in [2.45, 2.75) is 223 Å². The van der Waals surface area contributed by atoms with Crippen molar-refractivity contribution in [1.29, 1.82) is 0 Å². The highest BCUT2D eigenvalue weighted by Gasteiger charge is 2.70. The molecule has 26 atom stereocenters. The maximum absolute atomic E-state index is 12.6. The van der Waals surface area contributed by atoms with Crippen molar-refractivity contribution in [2.24, 2.45) is 45.8 Å². The van der Waals surface area contributed by atoms with Crippen LogP contribution in [0.5, 0.6) is 0 Å². The molecule has 3 saturated heterocycles. The molecule has 7 aliphatic rings. The summed E-state index contributed by atoms with van der Waals surface area (Å²) >= 11 is 0. The number of rotatable bonds is 12. The topological polar surface area (TPSA) is 298 Å². The predicted octanol–water partition coefficient (Wildman–Crippen LogP) is -0.418. The van der Waals surface area contributed by atoms with Crippen LogP contribution < -0.4 is 0 Å². The molecule has 0 aromatic heterocycles. The highest BCUT2D eigenvalue weighted by molar-refractivity contribution is 5.18. The van der Waals surface area contributed by atoms with Gasteiger partial charge in [0.1, 0.15) is 67.1 Å². The Labute approximate surface area is 382 Å². The smallest absolute Gasteiger partial charge is 0.187 e. The van der Waals surface area contributed by atoms with Crippen LogP contribution in [0.3, 0.4) is 0 Å². The number of hydrogen-bond donors (Lipinski definition) is 12. The standard InChI is InChI=1S/C47H80O18/c1-20(2)10-9-13-47(8,65-42-38(59)35(56)32(53)27(18-48)62-42)22-11-14-45(6)24-17-26(40-44(4,5)29(51)12-15-46(40,7)23(24)16-25(50)30(22)45)61-43-39(36(57)33(54)28(19-49)63-43)64-41-37(58)34(55)31(52)21(3)60-41/h10,21-43,48-59H,9,11-19H2,1-8H3/t21-,22-,23-,24?,25+,26-,27+,28+,29-,30-,31-,32+,33+,34+,35-,36-,37+,38+,39+,40-,41-,42-,43+,45-,46+,47-/m0/s1. The Morgan fingerprint density at radius 2 is 1.23 bits per heavy atom. The molecule has 0 spiro atoms. The molecule has 12 N–H and O–H groups in total. The third-order valence-electron chi connectivity index (χ3n) is 17.9. The first-order valence-corrected chi connectivity index (χ1v) is 24.0. The Balaban J connectivity index is 1.24. The molecule has 3 heterocycles. The van der Waals surface area contributed by atoms with Gasteiger partial charge < -0.3 is 89.7 Å². The molecule has 4 saturated carbocycles. The lowest BCUT2D eigenvalue weighted by Gasteiger charge is -2.68. The van der Waals surface area contributed by atoms with E-state index in [1.54, 1.807) is 0 Å². The Bertz CT molecular complexity index is 1650. The summed E-state index contributed by atoms with van der Waals surface area (Å²) < 4.78 is 37.9. The van der Waals surface area contributed by atoms with Crippen molar-refractivity contribution in [3.05, 3.63) is 11.6 Å². The third kappa shape index (κ3) is 9.05. The van der Waals surface area contributed by atoms with Gasteiger partial charge in [0.2, 0.25) is 0 Å². The van der Waals surface area contributed by atoms with Gasteiger partial charge in [-0.15, -0.1) is 0 Å². The van der Waals surface area contributed by atoms with E-state index in [1.165, 1.54) is 6.92 Å². The molecule has 65 heavy (non-hydrogen) atoms. The number of fused-ring (bicyclic) bond motifs is 5. The zero-order valence-electron chi connectivity index (χ0n) is 39.2. The van der Waals surface area contributed by atoms with Crippen LogP contribution in [0.4, 0.5) is 0 Å². The van der Waals surface area contributed by atoms with Crippen molar-refractivity contribution in [2.75, 3.05) is 13.2 Å². The maximum Gasteiger partial charge on any atom is 0.187 e. The fourth-order valence-corrected chi connectivity index (χ4v) is 14.3. The fourth-order valence-electron chi connectivity index (χ4n) is 14.3. The van der Waals surface area contributed by atoms with Crippen molar-refractivity contribution in [1.82, 2.24) is 0 Å². The molecule has 18 nitrogen and oxygen atoms in total. The van der Waals surface area contributed by atoms with Crippen LogP contribution in [0.15, 0.2) is 11.6 Å². The summed E-state index contributed by atoms with van der Waals surface area (Å²) in [6.45, 7) is 14.6. The molecule has 4 aliphatic carbocycles. The Morgan fingerprint density at radius 1 is 0.662 bits per heavy atom. The molecular weight excluding hydrogens is 852 g/mol. The average molecular weight is 933 g/mol. The van der Waals surface area contributed by atoms with E-state index in [9.17, 15) is 61.3 Å². The summed E-state index contributed by atoms with van der Waals surface area (Å²) in [6.07, 6.45) is -18.0. The molecule has 1 unspecified atom stereocenters. The fraction of sp³-hybridized carbons (Fsp3) is 0.957. The second-order valence-electron chi connectivity index (χ2n) is 22.4. The quantitative estimate of drug-likeness (QED) is 0.0874. The van der Waals surface area contributed by atoms with Gasteiger partial charge >= 0.3 is 0 Å². The average Bonchev–Trinajstić information content (AvgIpc) is 3.63. The maximum atomic E-state index is 12.6. The Kier molecular flexibility index (Phi) is 15.4. The van der Waals surface area contributed by atoms with Crippen LogP contribution in [0.2, 0.25) is 0 Å². The number of aliphatic hydroxyl groups is 12. The van der Waals surface area contributed by atoms with E-state index in [2.05, 4.69) is 19.9 Å². The van der Waals surface area contributed by atoms with Gasteiger partial charge in [-0.3, -0.25) is 0 Å². The lowest BCUT2D eigenvalue weighted by molar-refractivity contribution is -0.379. The van der Waals surface area contributed by atoms with Gasteiger partial charge in [-0.05, 0) is 125 Å². The molecule has 0 bridgehead atoms. The highest BCUT2D eigenvalue weighted by Crippen LogP contribution is 2.72. The van der Waals surface area contributed by atoms with E-state index in [1.807, 2.05) is 34.6 Å². The van der Waals surface area contributed by atoms with E-state index < -0.39 is 145 Å². The van der Waals surface area contributed by atoms with Gasteiger partial charge in [-0.25, -0.2) is 0 Å². The summed E-state index contributed by atoms with van der Waals surface area (Å²) in [5, 5.41) is 132. The molecule has 3 aliphatic heterocycles. The number of aliphatic hydroxyl groups excluding tert-OH is 12. The van der Waals surface area contributed by atoms with Gasteiger partial charge in [0.25, 0.3) is 0 Å². The molecule has 0 radical (unpaired) electrons. The number of ether oxygens (including phenoxy) is 6. The van der Waals surface area contributed by atoms with E-state index in [0.29, 0.717) is 51.4 Å². The normalized spacial score (nSPS) is 53.0. The summed E-state index contributed by atoms with van der Waals surface area (Å²) in [7, 11) is 0. The van der Waals surface area contributed by atoms with E-state index in [4.69, 9.17) is 28.4 Å². The lowest BCUT2D eigenvalue weighted by Crippen LogP contribution is -2.68. The predicted molar refractivity (Wildman–Crippen MR) is 229 cm³/mol.